The SMILES string of the molecule is COC(=O)NC(C(=O)N1CCC[C@H]1c1ncc(-c2ccc3cc(-c4ccc(-c5cnc([C@@H]6[C@H]7CC[C@H](C7)N6C(=O)[C@@H](NC(=O)OC)C(C)C)[nH]5)cc4)ccc3c2)[nH]1)c1ccccc1. The zero-order valence-electron chi connectivity index (χ0n) is 35.8. The Morgan fingerprint density at radius 3 is 2.03 bits per heavy atom. The lowest BCUT2D eigenvalue weighted by Crippen LogP contribution is -2.54. The van der Waals surface area contributed by atoms with Crippen LogP contribution in [0.25, 0.3) is 44.4 Å². The Labute approximate surface area is 365 Å². The number of imidazole rings is 2. The molecule has 14 nitrogen and oxygen atoms in total. The molecule has 9 rings (SSSR count). The van der Waals surface area contributed by atoms with Crippen molar-refractivity contribution in [2.45, 2.75) is 76.2 Å². The van der Waals surface area contributed by atoms with Crippen LogP contribution in [-0.2, 0) is 19.1 Å². The van der Waals surface area contributed by atoms with Crippen LogP contribution >= 0.6 is 0 Å². The monoisotopic (exact) mass is 848 g/mol. The summed E-state index contributed by atoms with van der Waals surface area (Å²) in [6, 6.07) is 28.5. The maximum atomic E-state index is 14.0. The summed E-state index contributed by atoms with van der Waals surface area (Å²) in [5.74, 6) is 1.38. The predicted molar refractivity (Wildman–Crippen MR) is 238 cm³/mol. The average Bonchev–Trinajstić information content (AvgIpc) is 4.18. The van der Waals surface area contributed by atoms with Crippen molar-refractivity contribution < 1.29 is 28.7 Å². The van der Waals surface area contributed by atoms with E-state index >= 15 is 0 Å². The van der Waals surface area contributed by atoms with Gasteiger partial charge in [-0.2, -0.15) is 0 Å². The van der Waals surface area contributed by atoms with Crippen molar-refractivity contribution >= 4 is 34.8 Å². The van der Waals surface area contributed by atoms with Gasteiger partial charge in [0.25, 0.3) is 5.91 Å². The van der Waals surface area contributed by atoms with E-state index in [2.05, 4.69) is 81.3 Å². The summed E-state index contributed by atoms with van der Waals surface area (Å²) in [5, 5.41) is 7.67. The summed E-state index contributed by atoms with van der Waals surface area (Å²) < 4.78 is 9.67. The molecule has 14 heteroatoms. The lowest BCUT2D eigenvalue weighted by atomic mass is 9.95. The number of amides is 4. The Hall–Kier alpha value is -6.96. The fraction of sp³-hybridized carbons (Fsp3) is 0.347. The fourth-order valence-corrected chi connectivity index (χ4v) is 9.83. The van der Waals surface area contributed by atoms with Crippen LogP contribution < -0.4 is 10.6 Å². The van der Waals surface area contributed by atoms with E-state index in [1.54, 1.807) is 4.90 Å². The average molecular weight is 849 g/mol. The van der Waals surface area contributed by atoms with Gasteiger partial charge in [0, 0.05) is 18.2 Å². The largest absolute Gasteiger partial charge is 0.453 e. The maximum absolute atomic E-state index is 14.0. The zero-order chi connectivity index (χ0) is 43.8. The van der Waals surface area contributed by atoms with Crippen LogP contribution in [0.2, 0.25) is 0 Å². The molecular formula is C49H52N8O6. The Morgan fingerprint density at radius 1 is 0.698 bits per heavy atom. The van der Waals surface area contributed by atoms with E-state index in [0.717, 1.165) is 82.3 Å². The van der Waals surface area contributed by atoms with Gasteiger partial charge >= 0.3 is 12.2 Å². The number of fused-ring (bicyclic) bond motifs is 3. The van der Waals surface area contributed by atoms with Crippen molar-refractivity contribution in [2.75, 3.05) is 20.8 Å². The molecule has 0 spiro atoms. The van der Waals surface area contributed by atoms with E-state index < -0.39 is 24.3 Å². The van der Waals surface area contributed by atoms with Crippen molar-refractivity contribution in [2.24, 2.45) is 11.8 Å². The van der Waals surface area contributed by atoms with E-state index in [-0.39, 0.29) is 35.9 Å². The number of carbonyl (C=O) groups is 4. The molecule has 3 aliphatic rings. The molecule has 4 heterocycles. The number of rotatable bonds is 11. The van der Waals surface area contributed by atoms with Crippen molar-refractivity contribution in [3.05, 3.63) is 121 Å². The molecule has 0 radical (unpaired) electrons. The number of H-pyrrole nitrogens is 2. The molecule has 4 N–H and O–H groups in total. The van der Waals surface area contributed by atoms with Gasteiger partial charge in [0.15, 0.2) is 0 Å². The first-order valence-corrected chi connectivity index (χ1v) is 21.7. The van der Waals surface area contributed by atoms with E-state index in [1.165, 1.54) is 14.2 Å². The number of nitrogens with zero attached hydrogens (tertiary/aromatic N) is 4. The smallest absolute Gasteiger partial charge is 0.407 e. The van der Waals surface area contributed by atoms with Gasteiger partial charge < -0.3 is 39.9 Å². The number of benzene rings is 4. The molecule has 63 heavy (non-hydrogen) atoms. The first kappa shape index (κ1) is 41.4. The zero-order valence-corrected chi connectivity index (χ0v) is 35.8. The lowest BCUT2D eigenvalue weighted by molar-refractivity contribution is -0.139. The first-order valence-electron chi connectivity index (χ1n) is 21.7. The van der Waals surface area contributed by atoms with E-state index in [0.29, 0.717) is 23.9 Å². The van der Waals surface area contributed by atoms with Gasteiger partial charge in [0.2, 0.25) is 5.91 Å². The normalized spacial score (nSPS) is 20.2. The molecule has 1 aliphatic carbocycles. The molecule has 2 aliphatic heterocycles. The van der Waals surface area contributed by atoms with Gasteiger partial charge in [-0.15, -0.1) is 0 Å². The molecule has 4 amide bonds. The highest BCUT2D eigenvalue weighted by molar-refractivity contribution is 5.91. The Balaban J connectivity index is 0.885. The highest BCUT2D eigenvalue weighted by atomic mass is 16.5. The number of hydrogen-bond acceptors (Lipinski definition) is 8. The van der Waals surface area contributed by atoms with Gasteiger partial charge in [-0.3, -0.25) is 9.59 Å². The number of ether oxygens (including phenoxy) is 2. The van der Waals surface area contributed by atoms with Crippen LogP contribution in [0.4, 0.5) is 9.59 Å². The van der Waals surface area contributed by atoms with Crippen molar-refractivity contribution in [3.8, 4) is 33.6 Å². The first-order chi connectivity index (χ1) is 30.6. The highest BCUT2D eigenvalue weighted by Crippen LogP contribution is 2.50. The van der Waals surface area contributed by atoms with Crippen LogP contribution in [-0.4, -0.2) is 86.6 Å². The fourth-order valence-electron chi connectivity index (χ4n) is 9.83. The van der Waals surface area contributed by atoms with Crippen LogP contribution in [0.15, 0.2) is 103 Å². The number of likely N-dealkylation sites (tertiary alicyclic amines) is 2. The Bertz CT molecular complexity index is 2640. The number of methoxy groups -OCH3 is 2. The van der Waals surface area contributed by atoms with Gasteiger partial charge in [0.1, 0.15) is 23.7 Å². The minimum absolute atomic E-state index is 0.0939. The number of alkyl carbamates (subject to hydrolysis) is 2. The van der Waals surface area contributed by atoms with Crippen LogP contribution in [0.5, 0.6) is 0 Å². The van der Waals surface area contributed by atoms with Crippen LogP contribution in [0.1, 0.15) is 81.3 Å². The predicted octanol–water partition coefficient (Wildman–Crippen LogP) is 8.48. The number of hydrogen-bond donors (Lipinski definition) is 4. The second-order valence-corrected chi connectivity index (χ2v) is 17.2. The number of piperidine rings is 1. The summed E-state index contributed by atoms with van der Waals surface area (Å²) >= 11 is 0. The minimum Gasteiger partial charge on any atom is -0.453 e. The Kier molecular flexibility index (Phi) is 11.5. The summed E-state index contributed by atoms with van der Waals surface area (Å²) in [6.07, 6.45) is 6.88. The molecule has 6 aromatic rings. The number of aromatic amines is 2. The van der Waals surface area contributed by atoms with Crippen LogP contribution in [0, 0.1) is 11.8 Å². The molecule has 1 unspecified atom stereocenters. The van der Waals surface area contributed by atoms with Gasteiger partial charge in [-0.1, -0.05) is 92.7 Å². The molecule has 324 valence electrons. The molecule has 1 saturated carbocycles. The molecule has 4 aromatic carbocycles. The topological polar surface area (TPSA) is 175 Å². The molecule has 6 atom stereocenters. The van der Waals surface area contributed by atoms with Crippen LogP contribution in [0.3, 0.4) is 0 Å². The van der Waals surface area contributed by atoms with E-state index in [1.807, 2.05) is 61.5 Å². The number of carbonyl (C=O) groups excluding carboxylic acids is 4. The third kappa shape index (κ3) is 8.13. The van der Waals surface area contributed by atoms with Gasteiger partial charge in [-0.25, -0.2) is 19.6 Å². The third-order valence-electron chi connectivity index (χ3n) is 13.1. The van der Waals surface area contributed by atoms with E-state index in [4.69, 9.17) is 19.4 Å². The second kappa shape index (κ2) is 17.4. The summed E-state index contributed by atoms with van der Waals surface area (Å²) in [6.45, 7) is 4.41. The summed E-state index contributed by atoms with van der Waals surface area (Å²) in [7, 11) is 2.59. The quantitative estimate of drug-likeness (QED) is 0.100. The molecule has 3 fully saturated rings. The van der Waals surface area contributed by atoms with Crippen molar-refractivity contribution in [3.63, 3.8) is 0 Å². The number of nitrogens with one attached hydrogen (secondary N) is 4. The van der Waals surface area contributed by atoms with E-state index in [9.17, 15) is 19.2 Å². The maximum Gasteiger partial charge on any atom is 0.407 e. The highest BCUT2D eigenvalue weighted by Gasteiger charge is 2.51. The third-order valence-corrected chi connectivity index (χ3v) is 13.1. The standard InChI is InChI=1S/C49H52N8O6/c1-28(2)41(54-48(60)62-3)47(59)57-37-21-20-36(25-37)43(57)45-51-26-38(53-45)30-14-12-29(13-15-30)32-16-17-34-24-35(19-18-33(34)23-32)39-27-50-44(52-39)40-11-8-22-56(40)46(58)42(55-49(61)63-4)31-9-6-5-7-10-31/h5-7,9-10,12-19,23-24,26-28,36-37,40-43H,8,11,20-22,25H2,1-4H3,(H,50,52)(H,51,53)(H,54,60)(H,55,61)/t36-,37+,40-,41-,42?,43-/m0/s1. The van der Waals surface area contributed by atoms with Gasteiger partial charge in [0.05, 0.1) is 50.1 Å². The van der Waals surface area contributed by atoms with Crippen molar-refractivity contribution in [1.29, 1.82) is 0 Å². The molecule has 2 bridgehead atoms. The summed E-state index contributed by atoms with van der Waals surface area (Å²) in [4.78, 5) is 72.7. The minimum atomic E-state index is -0.881. The Morgan fingerprint density at radius 2 is 1.32 bits per heavy atom. The lowest BCUT2D eigenvalue weighted by Gasteiger charge is -2.37. The number of aromatic nitrogens is 4. The second-order valence-electron chi connectivity index (χ2n) is 17.2. The molecular weight excluding hydrogens is 797 g/mol. The molecule has 2 saturated heterocycles. The van der Waals surface area contributed by atoms with Gasteiger partial charge in [-0.05, 0) is 89.1 Å². The molecule has 2 aromatic heterocycles. The van der Waals surface area contributed by atoms with Crippen molar-refractivity contribution in [1.82, 2.24) is 40.4 Å². The summed E-state index contributed by atoms with van der Waals surface area (Å²) in [5.41, 5.74) is 6.57.